The first kappa shape index (κ1) is 16.9. The van der Waals surface area contributed by atoms with Crippen molar-refractivity contribution in [2.75, 3.05) is 20.7 Å². The van der Waals surface area contributed by atoms with Crippen LogP contribution in [-0.4, -0.2) is 55.6 Å². The first-order valence-corrected chi connectivity index (χ1v) is 8.83. The summed E-state index contributed by atoms with van der Waals surface area (Å²) in [6.07, 6.45) is 8.40. The lowest BCUT2D eigenvalue weighted by atomic mass is 9.88. The van der Waals surface area contributed by atoms with Gasteiger partial charge in [0.25, 0.3) is 0 Å². The van der Waals surface area contributed by atoms with Crippen molar-refractivity contribution in [3.63, 3.8) is 0 Å². The second-order valence-corrected chi connectivity index (χ2v) is 7.28. The summed E-state index contributed by atoms with van der Waals surface area (Å²) in [6.45, 7) is 4.38. The van der Waals surface area contributed by atoms with Crippen LogP contribution in [0.1, 0.15) is 44.9 Å². The highest BCUT2D eigenvalue weighted by atomic mass is 16.8. The number of amides is 1. The Morgan fingerprint density at radius 3 is 2.57 bits per heavy atom. The minimum absolute atomic E-state index is 0.00971. The standard InChI is InChI=1S/C18H29NO4/c1-4-8-14-17-16(13(12-21-14)11-15(20)19(2)3)22-18(23-17)9-6-5-7-10-18/h4,13-14,16-17H,1,5-12H2,2-3H3/t13-,14-,16+,17-/m0/s1. The summed E-state index contributed by atoms with van der Waals surface area (Å²) in [4.78, 5) is 13.8. The summed E-state index contributed by atoms with van der Waals surface area (Å²) in [5.41, 5.74) is 0. The van der Waals surface area contributed by atoms with Gasteiger partial charge in [0.2, 0.25) is 5.91 Å². The van der Waals surface area contributed by atoms with Gasteiger partial charge in [0.1, 0.15) is 6.10 Å². The summed E-state index contributed by atoms with van der Waals surface area (Å²) in [6, 6.07) is 0. The Labute approximate surface area is 138 Å². The third-order valence-corrected chi connectivity index (χ3v) is 5.33. The summed E-state index contributed by atoms with van der Waals surface area (Å²) >= 11 is 0. The van der Waals surface area contributed by atoms with Crippen LogP contribution < -0.4 is 0 Å². The maximum atomic E-state index is 12.1. The van der Waals surface area contributed by atoms with Crippen molar-refractivity contribution in [2.24, 2.45) is 5.92 Å². The van der Waals surface area contributed by atoms with E-state index in [1.807, 2.05) is 6.08 Å². The van der Waals surface area contributed by atoms with Crippen LogP contribution in [0.2, 0.25) is 0 Å². The molecule has 0 unspecified atom stereocenters. The Bertz CT molecular complexity index is 444. The maximum Gasteiger partial charge on any atom is 0.222 e. The summed E-state index contributed by atoms with van der Waals surface area (Å²) in [5.74, 6) is -0.259. The van der Waals surface area contributed by atoms with E-state index >= 15 is 0 Å². The van der Waals surface area contributed by atoms with E-state index in [1.165, 1.54) is 6.42 Å². The van der Waals surface area contributed by atoms with Crippen molar-refractivity contribution >= 4 is 5.91 Å². The molecule has 2 heterocycles. The molecule has 5 heteroatoms. The molecule has 3 aliphatic rings. The van der Waals surface area contributed by atoms with Gasteiger partial charge in [-0.25, -0.2) is 0 Å². The molecule has 0 aromatic heterocycles. The fourth-order valence-electron chi connectivity index (χ4n) is 4.02. The SMILES string of the molecule is C=CC[C@@H]1OC[C@H](CC(=O)N(C)C)[C@H]2OC3(CCCCC3)O[C@H]21. The van der Waals surface area contributed by atoms with Crippen molar-refractivity contribution in [3.8, 4) is 0 Å². The molecular weight excluding hydrogens is 294 g/mol. The number of ether oxygens (including phenoxy) is 3. The monoisotopic (exact) mass is 323 g/mol. The molecule has 4 atom stereocenters. The normalized spacial score (nSPS) is 35.7. The quantitative estimate of drug-likeness (QED) is 0.746. The Balaban J connectivity index is 1.75. The van der Waals surface area contributed by atoms with Crippen LogP contribution in [0.4, 0.5) is 0 Å². The maximum absolute atomic E-state index is 12.1. The summed E-state index contributed by atoms with van der Waals surface area (Å²) < 4.78 is 18.9. The molecule has 1 spiro atoms. The van der Waals surface area contributed by atoms with Crippen LogP contribution in [0.3, 0.4) is 0 Å². The van der Waals surface area contributed by atoms with E-state index in [0.29, 0.717) is 13.0 Å². The summed E-state index contributed by atoms with van der Waals surface area (Å²) in [5, 5.41) is 0. The number of nitrogens with zero attached hydrogens (tertiary/aromatic N) is 1. The first-order valence-electron chi connectivity index (χ1n) is 8.83. The Hall–Kier alpha value is -0.910. The van der Waals surface area contributed by atoms with Crippen molar-refractivity contribution in [2.45, 2.75) is 69.0 Å². The van der Waals surface area contributed by atoms with Crippen molar-refractivity contribution < 1.29 is 19.0 Å². The Morgan fingerprint density at radius 2 is 1.91 bits per heavy atom. The number of hydrogen-bond acceptors (Lipinski definition) is 4. The number of hydrogen-bond donors (Lipinski definition) is 0. The smallest absolute Gasteiger partial charge is 0.222 e. The fourth-order valence-corrected chi connectivity index (χ4v) is 4.02. The molecule has 3 fully saturated rings. The lowest BCUT2D eigenvalue weighted by molar-refractivity contribution is -0.198. The molecule has 3 rings (SSSR count). The van der Waals surface area contributed by atoms with Gasteiger partial charge < -0.3 is 19.1 Å². The Kier molecular flexibility index (Phi) is 5.09. The number of carbonyl (C=O) groups excluding carboxylic acids is 1. The third kappa shape index (κ3) is 3.47. The van der Waals surface area contributed by atoms with Gasteiger partial charge in [-0.15, -0.1) is 6.58 Å². The van der Waals surface area contributed by atoms with Crippen molar-refractivity contribution in [1.29, 1.82) is 0 Å². The number of rotatable bonds is 4. The van der Waals surface area contributed by atoms with Gasteiger partial charge >= 0.3 is 0 Å². The van der Waals surface area contributed by atoms with Gasteiger partial charge in [-0.2, -0.15) is 0 Å². The molecule has 23 heavy (non-hydrogen) atoms. The Morgan fingerprint density at radius 1 is 1.22 bits per heavy atom. The zero-order chi connectivity index (χ0) is 16.4. The lowest BCUT2D eigenvalue weighted by Gasteiger charge is -2.36. The predicted octanol–water partition coefficient (Wildman–Crippen LogP) is 2.50. The minimum Gasteiger partial charge on any atom is -0.375 e. The van der Waals surface area contributed by atoms with Gasteiger partial charge in [-0.3, -0.25) is 4.79 Å². The van der Waals surface area contributed by atoms with Crippen molar-refractivity contribution in [3.05, 3.63) is 12.7 Å². The fraction of sp³-hybridized carbons (Fsp3) is 0.833. The average molecular weight is 323 g/mol. The van der Waals surface area contributed by atoms with E-state index in [1.54, 1.807) is 19.0 Å². The van der Waals surface area contributed by atoms with E-state index in [4.69, 9.17) is 14.2 Å². The molecule has 2 saturated heterocycles. The van der Waals surface area contributed by atoms with Crippen LogP contribution in [0.25, 0.3) is 0 Å². The van der Waals surface area contributed by atoms with Gasteiger partial charge in [0.15, 0.2) is 5.79 Å². The van der Waals surface area contributed by atoms with E-state index in [2.05, 4.69) is 6.58 Å². The molecule has 0 aromatic carbocycles. The molecule has 2 aliphatic heterocycles. The van der Waals surface area contributed by atoms with Gasteiger partial charge in [-0.05, 0) is 19.3 Å². The lowest BCUT2D eigenvalue weighted by Crippen LogP contribution is -2.49. The van der Waals surface area contributed by atoms with E-state index in [-0.39, 0.29) is 30.1 Å². The van der Waals surface area contributed by atoms with Gasteiger partial charge in [0, 0.05) is 39.3 Å². The molecule has 0 aromatic rings. The molecule has 130 valence electrons. The van der Waals surface area contributed by atoms with E-state index < -0.39 is 5.79 Å². The molecular formula is C18H29NO4. The predicted molar refractivity (Wildman–Crippen MR) is 86.9 cm³/mol. The first-order chi connectivity index (χ1) is 11.0. The van der Waals surface area contributed by atoms with Crippen molar-refractivity contribution in [1.82, 2.24) is 4.90 Å². The molecule has 5 nitrogen and oxygen atoms in total. The molecule has 1 aliphatic carbocycles. The van der Waals surface area contributed by atoms with Crippen LogP contribution in [0, 0.1) is 5.92 Å². The average Bonchev–Trinajstić information content (AvgIpc) is 2.89. The van der Waals surface area contributed by atoms with E-state index in [9.17, 15) is 4.79 Å². The van der Waals surface area contributed by atoms with Crippen LogP contribution >= 0.6 is 0 Å². The van der Waals surface area contributed by atoms with Gasteiger partial charge in [-0.1, -0.05) is 12.5 Å². The van der Waals surface area contributed by atoms with Crippen LogP contribution in [-0.2, 0) is 19.0 Å². The molecule has 0 bridgehead atoms. The second kappa shape index (κ2) is 6.91. The highest BCUT2D eigenvalue weighted by Gasteiger charge is 2.55. The molecule has 0 radical (unpaired) electrons. The highest BCUT2D eigenvalue weighted by Crippen LogP contribution is 2.46. The number of carbonyl (C=O) groups is 1. The topological polar surface area (TPSA) is 48.0 Å². The van der Waals surface area contributed by atoms with E-state index in [0.717, 1.165) is 32.1 Å². The zero-order valence-electron chi connectivity index (χ0n) is 14.3. The van der Waals surface area contributed by atoms with Crippen LogP contribution in [0.5, 0.6) is 0 Å². The largest absolute Gasteiger partial charge is 0.375 e. The molecule has 1 amide bonds. The number of fused-ring (bicyclic) bond motifs is 1. The van der Waals surface area contributed by atoms with Gasteiger partial charge in [0.05, 0.1) is 18.8 Å². The minimum atomic E-state index is -0.444. The second-order valence-electron chi connectivity index (χ2n) is 7.28. The summed E-state index contributed by atoms with van der Waals surface area (Å²) in [7, 11) is 3.58. The zero-order valence-corrected chi connectivity index (χ0v) is 14.3. The molecule has 1 saturated carbocycles. The third-order valence-electron chi connectivity index (χ3n) is 5.33. The van der Waals surface area contributed by atoms with Crippen LogP contribution in [0.15, 0.2) is 12.7 Å². The molecule has 0 N–H and O–H groups in total. The highest BCUT2D eigenvalue weighted by molar-refractivity contribution is 5.75.